The van der Waals surface area contributed by atoms with Crippen LogP contribution in [0.15, 0.2) is 95.4 Å². The highest BCUT2D eigenvalue weighted by molar-refractivity contribution is 5.76. The van der Waals surface area contributed by atoms with Gasteiger partial charge >= 0.3 is 11.5 Å². The van der Waals surface area contributed by atoms with Gasteiger partial charge in [0, 0.05) is 5.56 Å². The highest BCUT2D eigenvalue weighted by atomic mass is 16.3. The zero-order valence-electron chi connectivity index (χ0n) is 15.1. The molecule has 0 N–H and O–H groups in total. The Balaban J connectivity index is 1.97. The Hall–Kier alpha value is -3.19. The minimum absolute atomic E-state index is 0.891. The monoisotopic (exact) mass is 337 g/mol. The molecular weight excluding hydrogens is 316 g/mol. The average Bonchev–Trinajstić information content (AvgIpc) is 2.69. The van der Waals surface area contributed by atoms with Gasteiger partial charge in [0.25, 0.3) is 0 Å². The quantitative estimate of drug-likeness (QED) is 0.360. The van der Waals surface area contributed by atoms with E-state index in [1.165, 1.54) is 16.7 Å². The van der Waals surface area contributed by atoms with Gasteiger partial charge in [-0.3, -0.25) is 0 Å². The molecule has 1 aromatic heterocycles. The summed E-state index contributed by atoms with van der Waals surface area (Å²) < 4.78 is 6.37. The summed E-state index contributed by atoms with van der Waals surface area (Å²) in [4.78, 5) is 0. The van der Waals surface area contributed by atoms with Crippen molar-refractivity contribution in [2.24, 2.45) is 0 Å². The molecule has 0 saturated carbocycles. The van der Waals surface area contributed by atoms with Crippen LogP contribution in [-0.4, -0.2) is 0 Å². The van der Waals surface area contributed by atoms with Crippen LogP contribution in [0.3, 0.4) is 0 Å². The summed E-state index contributed by atoms with van der Waals surface area (Å²) in [5.74, 6) is 1.78. The second-order valence-electron chi connectivity index (χ2n) is 6.57. The molecule has 26 heavy (non-hydrogen) atoms. The molecule has 1 heteroatoms. The van der Waals surface area contributed by atoms with Gasteiger partial charge in [0.1, 0.15) is 0 Å². The standard InChI is InChI=1S/C25H21O/c1-18-10-6-8-14-22(18)24-16-21(20-12-4-3-5-13-20)17-25(26-24)23-15-9-7-11-19(23)2/h3-17H,1-2H3/q+1. The van der Waals surface area contributed by atoms with E-state index in [1.54, 1.807) is 0 Å². The molecule has 0 amide bonds. The largest absolute Gasteiger partial charge is 0.361 e. The van der Waals surface area contributed by atoms with Gasteiger partial charge in [0.05, 0.1) is 23.3 Å². The normalized spacial score (nSPS) is 10.7. The van der Waals surface area contributed by atoms with Gasteiger partial charge in [-0.25, -0.2) is 4.42 Å². The van der Waals surface area contributed by atoms with Gasteiger partial charge in [-0.1, -0.05) is 66.7 Å². The van der Waals surface area contributed by atoms with E-state index in [0.29, 0.717) is 0 Å². The molecule has 0 bridgehead atoms. The third kappa shape index (κ3) is 3.16. The molecule has 0 aliphatic heterocycles. The van der Waals surface area contributed by atoms with Crippen LogP contribution in [0.1, 0.15) is 11.1 Å². The molecule has 0 atom stereocenters. The van der Waals surface area contributed by atoms with Crippen LogP contribution in [-0.2, 0) is 0 Å². The van der Waals surface area contributed by atoms with Gasteiger partial charge in [0.2, 0.25) is 0 Å². The molecule has 0 spiro atoms. The molecule has 4 rings (SSSR count). The minimum atomic E-state index is 0.891. The van der Waals surface area contributed by atoms with Gasteiger partial charge < -0.3 is 0 Å². The molecule has 0 unspecified atom stereocenters. The molecule has 0 aliphatic rings. The van der Waals surface area contributed by atoms with Crippen LogP contribution >= 0.6 is 0 Å². The highest BCUT2D eigenvalue weighted by Gasteiger charge is 2.22. The molecule has 3 aromatic carbocycles. The van der Waals surface area contributed by atoms with Crippen molar-refractivity contribution in [2.75, 3.05) is 0 Å². The van der Waals surface area contributed by atoms with Gasteiger partial charge in [-0.2, -0.15) is 0 Å². The van der Waals surface area contributed by atoms with Crippen molar-refractivity contribution in [3.63, 3.8) is 0 Å². The molecule has 0 radical (unpaired) electrons. The van der Waals surface area contributed by atoms with E-state index in [9.17, 15) is 0 Å². The van der Waals surface area contributed by atoms with Crippen LogP contribution < -0.4 is 0 Å². The summed E-state index contributed by atoms with van der Waals surface area (Å²) in [6, 6.07) is 31.4. The van der Waals surface area contributed by atoms with Gasteiger partial charge in [-0.15, -0.1) is 0 Å². The first-order valence-corrected chi connectivity index (χ1v) is 8.88. The fourth-order valence-corrected chi connectivity index (χ4v) is 3.26. The fraction of sp³-hybridized carbons (Fsp3) is 0.0800. The molecular formula is C25H21O+. The van der Waals surface area contributed by atoms with Crippen LogP contribution in [0.25, 0.3) is 33.8 Å². The second kappa shape index (κ2) is 6.97. The first-order valence-electron chi connectivity index (χ1n) is 8.88. The van der Waals surface area contributed by atoms with E-state index in [1.807, 2.05) is 6.07 Å². The summed E-state index contributed by atoms with van der Waals surface area (Å²) in [6.45, 7) is 4.24. The second-order valence-corrected chi connectivity index (χ2v) is 6.57. The third-order valence-corrected chi connectivity index (χ3v) is 4.72. The van der Waals surface area contributed by atoms with Crippen molar-refractivity contribution in [1.82, 2.24) is 0 Å². The summed E-state index contributed by atoms with van der Waals surface area (Å²) >= 11 is 0. The molecule has 0 saturated heterocycles. The Morgan fingerprint density at radius 1 is 0.500 bits per heavy atom. The summed E-state index contributed by atoms with van der Waals surface area (Å²) in [6.07, 6.45) is 0. The lowest BCUT2D eigenvalue weighted by molar-refractivity contribution is 0.581. The van der Waals surface area contributed by atoms with Gasteiger partial charge in [0.15, 0.2) is 0 Å². The number of hydrogen-bond donors (Lipinski definition) is 0. The molecule has 1 heterocycles. The van der Waals surface area contributed by atoms with E-state index < -0.39 is 0 Å². The minimum Gasteiger partial charge on any atom is -0.207 e. The van der Waals surface area contributed by atoms with Crippen LogP contribution in [0.5, 0.6) is 0 Å². The van der Waals surface area contributed by atoms with Crippen molar-refractivity contribution in [3.05, 3.63) is 102 Å². The lowest BCUT2D eigenvalue weighted by atomic mass is 9.99. The number of aryl methyl sites for hydroxylation is 2. The van der Waals surface area contributed by atoms with E-state index in [-0.39, 0.29) is 0 Å². The molecule has 0 fully saturated rings. The van der Waals surface area contributed by atoms with Gasteiger partial charge in [-0.05, 0) is 42.7 Å². The predicted molar refractivity (Wildman–Crippen MR) is 109 cm³/mol. The maximum atomic E-state index is 6.37. The Bertz CT molecular complexity index is 985. The molecule has 126 valence electrons. The predicted octanol–water partition coefficient (Wildman–Crippen LogP) is 7.18. The number of rotatable bonds is 3. The van der Waals surface area contributed by atoms with E-state index in [4.69, 9.17) is 4.42 Å². The van der Waals surface area contributed by atoms with Crippen molar-refractivity contribution in [1.29, 1.82) is 0 Å². The number of benzene rings is 3. The summed E-state index contributed by atoms with van der Waals surface area (Å²) in [7, 11) is 0. The molecule has 0 aliphatic carbocycles. The maximum absolute atomic E-state index is 6.37. The van der Waals surface area contributed by atoms with E-state index >= 15 is 0 Å². The Morgan fingerprint density at radius 3 is 1.46 bits per heavy atom. The fourth-order valence-electron chi connectivity index (χ4n) is 3.26. The summed E-state index contributed by atoms with van der Waals surface area (Å²) in [5.41, 5.74) is 7.01. The lowest BCUT2D eigenvalue weighted by Gasteiger charge is -2.04. The topological polar surface area (TPSA) is 11.3 Å². The zero-order valence-corrected chi connectivity index (χ0v) is 15.1. The van der Waals surface area contributed by atoms with Crippen molar-refractivity contribution >= 4 is 0 Å². The first kappa shape index (κ1) is 16.3. The van der Waals surface area contributed by atoms with Crippen LogP contribution in [0.4, 0.5) is 0 Å². The average molecular weight is 337 g/mol. The van der Waals surface area contributed by atoms with Crippen LogP contribution in [0, 0.1) is 13.8 Å². The smallest absolute Gasteiger partial charge is 0.207 e. The van der Waals surface area contributed by atoms with Crippen molar-refractivity contribution in [2.45, 2.75) is 13.8 Å². The van der Waals surface area contributed by atoms with E-state index in [0.717, 1.165) is 28.2 Å². The zero-order chi connectivity index (χ0) is 17.9. The third-order valence-electron chi connectivity index (χ3n) is 4.72. The Kier molecular flexibility index (Phi) is 4.37. The lowest BCUT2D eigenvalue weighted by Crippen LogP contribution is -1.89. The molecule has 1 nitrogen and oxygen atoms in total. The molecule has 4 aromatic rings. The highest BCUT2D eigenvalue weighted by Crippen LogP contribution is 2.34. The number of hydrogen-bond acceptors (Lipinski definition) is 0. The maximum Gasteiger partial charge on any atom is 0.361 e. The Morgan fingerprint density at radius 2 is 0.962 bits per heavy atom. The van der Waals surface area contributed by atoms with Crippen LogP contribution in [0.2, 0.25) is 0 Å². The Labute approximate surface area is 154 Å². The van der Waals surface area contributed by atoms with E-state index in [2.05, 4.69) is 98.8 Å². The SMILES string of the molecule is Cc1ccccc1-c1cc(-c2ccccc2)cc(-c2ccccc2C)[o+]1. The first-order chi connectivity index (χ1) is 12.7. The summed E-state index contributed by atoms with van der Waals surface area (Å²) in [5, 5.41) is 0. The van der Waals surface area contributed by atoms with Crippen molar-refractivity contribution < 1.29 is 4.42 Å². The van der Waals surface area contributed by atoms with Crippen molar-refractivity contribution in [3.8, 4) is 33.8 Å².